The van der Waals surface area contributed by atoms with Crippen LogP contribution < -0.4 is 9.80 Å². The Morgan fingerprint density at radius 1 is 0.380 bits per heavy atom. The first-order valence-electron chi connectivity index (χ1n) is 34.9. The fraction of sp³-hybridized carbons (Fsp3) is 0.548. The zero-order valence-corrected chi connectivity index (χ0v) is 64.6. The molecule has 8 aromatic rings. The topological polar surface area (TPSA) is 31.0 Å². The quantitative estimate of drug-likeness (QED) is 0.129. The average Bonchev–Trinajstić information content (AvgIpc) is 1.26. The number of aryl methyl sites for hydroxylation is 2. The highest BCUT2D eigenvalue weighted by molar-refractivity contribution is 6.08. The van der Waals surface area contributed by atoms with E-state index in [4.69, 9.17) is 0 Å². The SMILES string of the molecule is CC(C)(C)n1cccc1.CC(C)N(C(C)C)C(C)C.CC(C)N(C)C.CC(C)N(C)c1ccccc1.CC(C)N(c1ccccc1)c1ccccc1.CC(C)N1C(C)(C)CCCC1(C)C.CC(C)n1c2ccccc2c2ccccc21.Cc1ccc(C)n1C(C)(C)C. The molecule has 0 radical (unpaired) electrons. The second-order valence-electron chi connectivity index (χ2n) is 30.8. The Morgan fingerprint density at radius 2 is 0.717 bits per heavy atom. The molecular formula is C84H136N8. The van der Waals surface area contributed by atoms with Gasteiger partial charge in [-0.15, -0.1) is 0 Å². The van der Waals surface area contributed by atoms with Crippen molar-refractivity contribution in [1.82, 2.24) is 28.4 Å². The Labute approximate surface area is 566 Å². The van der Waals surface area contributed by atoms with Gasteiger partial charge in [0.25, 0.3) is 0 Å². The van der Waals surface area contributed by atoms with Crippen LogP contribution in [0.25, 0.3) is 21.8 Å². The van der Waals surface area contributed by atoms with E-state index in [0.29, 0.717) is 59.4 Å². The Bertz CT molecular complexity index is 3020. The molecule has 512 valence electrons. The molecule has 8 nitrogen and oxygen atoms in total. The lowest BCUT2D eigenvalue weighted by Crippen LogP contribution is -2.61. The third-order valence-corrected chi connectivity index (χ3v) is 17.2. The lowest BCUT2D eigenvalue weighted by molar-refractivity contribution is -0.0508. The highest BCUT2D eigenvalue weighted by Crippen LogP contribution is 2.40. The summed E-state index contributed by atoms with van der Waals surface area (Å²) in [6.07, 6.45) is 8.23. The molecule has 92 heavy (non-hydrogen) atoms. The number of anilines is 3. The smallest absolute Gasteiger partial charge is 0.0493 e. The Morgan fingerprint density at radius 3 is 0.957 bits per heavy atom. The second kappa shape index (κ2) is 38.3. The van der Waals surface area contributed by atoms with Gasteiger partial charge in [-0.2, -0.15) is 0 Å². The van der Waals surface area contributed by atoms with Crippen molar-refractivity contribution < 1.29 is 0 Å². The molecule has 0 aliphatic carbocycles. The van der Waals surface area contributed by atoms with E-state index in [1.807, 2.05) is 30.3 Å². The monoisotopic (exact) mass is 1260 g/mol. The normalized spacial score (nSPS) is 13.7. The Hall–Kier alpha value is -6.06. The molecule has 0 unspecified atom stereocenters. The number of nitrogens with zero attached hydrogens (tertiary/aromatic N) is 8. The molecule has 1 saturated heterocycles. The summed E-state index contributed by atoms with van der Waals surface area (Å²) in [5.41, 5.74) is 10.3. The van der Waals surface area contributed by atoms with Crippen LogP contribution >= 0.6 is 0 Å². The molecule has 4 heterocycles. The molecule has 3 aromatic heterocycles. The minimum absolute atomic E-state index is 0.220. The summed E-state index contributed by atoms with van der Waals surface area (Å²) in [5, 5.41) is 2.71. The molecule has 1 aliphatic rings. The molecule has 0 amide bonds. The molecule has 0 atom stereocenters. The van der Waals surface area contributed by atoms with Crippen molar-refractivity contribution in [2.75, 3.05) is 30.9 Å². The predicted molar refractivity (Wildman–Crippen MR) is 413 cm³/mol. The van der Waals surface area contributed by atoms with Crippen LogP contribution in [-0.2, 0) is 11.1 Å². The molecule has 0 N–H and O–H groups in total. The molecule has 8 heteroatoms. The van der Waals surface area contributed by atoms with Gasteiger partial charge in [-0.1, -0.05) is 91.0 Å². The predicted octanol–water partition coefficient (Wildman–Crippen LogP) is 23.2. The fourth-order valence-corrected chi connectivity index (χ4v) is 13.1. The summed E-state index contributed by atoms with van der Waals surface area (Å²) in [7, 11) is 6.26. The number of piperidine rings is 1. The number of fused-ring (bicyclic) bond motifs is 3. The molecular weight excluding hydrogens is 1120 g/mol. The number of rotatable bonds is 11. The third-order valence-electron chi connectivity index (χ3n) is 17.2. The van der Waals surface area contributed by atoms with Crippen LogP contribution in [0.5, 0.6) is 0 Å². The van der Waals surface area contributed by atoms with Crippen LogP contribution in [0.2, 0.25) is 0 Å². The molecule has 0 spiro atoms. The van der Waals surface area contributed by atoms with Crippen LogP contribution in [0.3, 0.4) is 0 Å². The maximum Gasteiger partial charge on any atom is 0.0493 e. The van der Waals surface area contributed by atoms with E-state index < -0.39 is 0 Å². The van der Waals surface area contributed by atoms with E-state index in [9.17, 15) is 0 Å². The molecule has 5 aromatic carbocycles. The van der Waals surface area contributed by atoms with Gasteiger partial charge in [0, 0.05) is 140 Å². The second-order valence-corrected chi connectivity index (χ2v) is 30.8. The standard InChI is InChI=1S/C15H15N.C15H17N.C12H25N.C10H17N.C10H15N.C9H21N.C8H13N.C5H13N/c1-11(2)16-14-9-5-3-7-12(14)13-8-4-6-10-15(13)16;1-13(2)16(14-9-5-3-6-10-14)15-11-7-4-8-12-15;1-10(2)13-11(3,4)8-7-9-12(13,5)6;1-8-6-7-9(2)11(8)10(3,4)5;1-9(2)11(3)10-7-5-4-6-8-10;1-7(2)10(8(3)4)9(5)6;1-8(2,3)9-6-4-5-7-9;1-5(2)6(3)4/h3-11H,1-2H3;3-13H,1-2H3;10H,7-9H2,1-6H3;6-7H,1-5H3;4-9H,1-3H3;7-9H,1-6H3;4-7H,1-3H3;5H,1-4H3. The largest absolute Gasteiger partial charge is 0.372 e. The highest BCUT2D eigenvalue weighted by Gasteiger charge is 2.42. The molecule has 0 bridgehead atoms. The summed E-state index contributed by atoms with van der Waals surface area (Å²) >= 11 is 0. The van der Waals surface area contributed by atoms with Crippen molar-refractivity contribution in [2.45, 2.75) is 284 Å². The Balaban J connectivity index is 0.000000364. The summed E-state index contributed by atoms with van der Waals surface area (Å²) in [4.78, 5) is 11.9. The first-order chi connectivity index (χ1) is 42.7. The maximum atomic E-state index is 2.68. The number of hydrogen-bond donors (Lipinski definition) is 0. The van der Waals surface area contributed by atoms with Crippen molar-refractivity contribution in [1.29, 1.82) is 0 Å². The van der Waals surface area contributed by atoms with E-state index in [1.165, 1.54) is 69.5 Å². The number of benzene rings is 5. The number of para-hydroxylation sites is 5. The van der Waals surface area contributed by atoms with Crippen molar-refractivity contribution >= 4 is 38.9 Å². The first-order valence-corrected chi connectivity index (χ1v) is 34.9. The summed E-state index contributed by atoms with van der Waals surface area (Å²) < 4.78 is 6.95. The van der Waals surface area contributed by atoms with E-state index >= 15 is 0 Å². The molecule has 0 saturated carbocycles. The van der Waals surface area contributed by atoms with Gasteiger partial charge < -0.3 is 28.4 Å². The number of hydrogen-bond acceptors (Lipinski definition) is 5. The zero-order valence-electron chi connectivity index (χ0n) is 64.6. The van der Waals surface area contributed by atoms with Crippen molar-refractivity contribution in [3.63, 3.8) is 0 Å². The van der Waals surface area contributed by atoms with E-state index in [2.05, 4.69) is 399 Å². The van der Waals surface area contributed by atoms with Crippen molar-refractivity contribution in [3.05, 3.63) is 188 Å². The minimum atomic E-state index is 0.220. The van der Waals surface area contributed by atoms with Gasteiger partial charge in [0.1, 0.15) is 0 Å². The molecule has 1 aliphatic heterocycles. The van der Waals surface area contributed by atoms with Crippen LogP contribution in [0, 0.1) is 13.8 Å². The summed E-state index contributed by atoms with van der Waals surface area (Å²) in [5.74, 6) is 0. The Kier molecular flexibility index (Phi) is 34.2. The van der Waals surface area contributed by atoms with Crippen LogP contribution in [0.1, 0.15) is 217 Å². The van der Waals surface area contributed by atoms with Gasteiger partial charge in [-0.05, 0) is 300 Å². The average molecular weight is 1260 g/mol. The van der Waals surface area contributed by atoms with Crippen molar-refractivity contribution in [2.24, 2.45) is 0 Å². The van der Waals surface area contributed by atoms with Crippen LogP contribution in [0.4, 0.5) is 17.1 Å². The summed E-state index contributed by atoms with van der Waals surface area (Å²) in [6, 6.07) is 61.9. The van der Waals surface area contributed by atoms with Crippen molar-refractivity contribution in [3.8, 4) is 0 Å². The van der Waals surface area contributed by atoms with E-state index in [0.717, 1.165) is 0 Å². The van der Waals surface area contributed by atoms with Gasteiger partial charge in [0.2, 0.25) is 0 Å². The van der Waals surface area contributed by atoms with Crippen LogP contribution in [0.15, 0.2) is 176 Å². The van der Waals surface area contributed by atoms with Gasteiger partial charge in [-0.25, -0.2) is 0 Å². The lowest BCUT2D eigenvalue weighted by atomic mass is 9.79. The third kappa shape index (κ3) is 26.4. The first kappa shape index (κ1) is 82.0. The summed E-state index contributed by atoms with van der Waals surface area (Å²) in [6.45, 7) is 62.8. The van der Waals surface area contributed by atoms with Gasteiger partial charge in [0.05, 0.1) is 0 Å². The fourth-order valence-electron chi connectivity index (χ4n) is 13.1. The number of likely N-dealkylation sites (tertiary alicyclic amines) is 1. The van der Waals surface area contributed by atoms with Crippen LogP contribution in [-0.4, -0.2) is 103 Å². The molecule has 9 rings (SSSR count). The van der Waals surface area contributed by atoms with E-state index in [-0.39, 0.29) is 11.1 Å². The van der Waals surface area contributed by atoms with Gasteiger partial charge >= 0.3 is 0 Å². The molecule has 1 fully saturated rings. The maximum absolute atomic E-state index is 2.68. The zero-order chi connectivity index (χ0) is 70.1. The number of aromatic nitrogens is 3. The lowest BCUT2D eigenvalue weighted by Gasteiger charge is -2.55. The van der Waals surface area contributed by atoms with Gasteiger partial charge in [-0.3, -0.25) is 9.80 Å². The minimum Gasteiger partial charge on any atom is -0.372 e. The van der Waals surface area contributed by atoms with E-state index in [1.54, 1.807) is 0 Å². The van der Waals surface area contributed by atoms with Gasteiger partial charge in [0.15, 0.2) is 0 Å². The highest BCUT2D eigenvalue weighted by atomic mass is 15.3.